The first kappa shape index (κ1) is 20.4. The van der Waals surface area contributed by atoms with Gasteiger partial charge < -0.3 is 5.32 Å². The lowest BCUT2D eigenvalue weighted by atomic mass is 10.0. The molecule has 0 saturated heterocycles. The monoisotopic (exact) mass is 424 g/mol. The number of rotatable bonds is 8. The number of hydrogen-bond donors (Lipinski definition) is 1. The third-order valence-corrected chi connectivity index (χ3v) is 9.09. The highest BCUT2D eigenvalue weighted by atomic mass is 32.2. The molecule has 1 saturated carbocycles. The van der Waals surface area contributed by atoms with E-state index < -0.39 is 9.84 Å². The van der Waals surface area contributed by atoms with Crippen LogP contribution in [-0.4, -0.2) is 36.1 Å². The number of thiophene rings is 1. The third kappa shape index (κ3) is 5.80. The molecule has 2 heterocycles. The standard InChI is InChI=1S/C19H24N2O3S3/c22-18(21-14-15-6-5-11-25-15)17-9-4-10-20-19(17)26-12-13-27(23,24)16-7-2-1-3-8-16/h4-6,9-11,16H,1-3,7-8,12-14H2,(H,21,22). The van der Waals surface area contributed by atoms with Gasteiger partial charge in [-0.15, -0.1) is 23.1 Å². The maximum atomic E-state index is 12.5. The van der Waals surface area contributed by atoms with E-state index in [1.54, 1.807) is 29.7 Å². The maximum absolute atomic E-state index is 12.5. The van der Waals surface area contributed by atoms with Gasteiger partial charge in [0.1, 0.15) is 5.03 Å². The Labute approximate surface area is 168 Å². The molecule has 5 nitrogen and oxygen atoms in total. The van der Waals surface area contributed by atoms with Gasteiger partial charge in [0.25, 0.3) is 5.91 Å². The summed E-state index contributed by atoms with van der Waals surface area (Å²) in [6.45, 7) is 0.478. The van der Waals surface area contributed by atoms with Crippen molar-refractivity contribution in [2.75, 3.05) is 11.5 Å². The summed E-state index contributed by atoms with van der Waals surface area (Å²) >= 11 is 2.93. The molecule has 0 atom stereocenters. The quantitative estimate of drug-likeness (QED) is 0.650. The van der Waals surface area contributed by atoms with E-state index in [1.165, 1.54) is 11.8 Å². The van der Waals surface area contributed by atoms with E-state index >= 15 is 0 Å². The van der Waals surface area contributed by atoms with Crippen LogP contribution in [-0.2, 0) is 16.4 Å². The van der Waals surface area contributed by atoms with Crippen molar-refractivity contribution in [3.8, 4) is 0 Å². The fourth-order valence-electron chi connectivity index (χ4n) is 3.20. The van der Waals surface area contributed by atoms with E-state index in [2.05, 4.69) is 10.3 Å². The number of carbonyl (C=O) groups excluding carboxylic acids is 1. The molecule has 0 bridgehead atoms. The predicted octanol–water partition coefficient (Wildman–Crippen LogP) is 3.91. The first-order valence-electron chi connectivity index (χ1n) is 9.16. The lowest BCUT2D eigenvalue weighted by molar-refractivity contribution is 0.0947. The van der Waals surface area contributed by atoms with Gasteiger partial charge in [-0.25, -0.2) is 13.4 Å². The molecule has 0 spiro atoms. The smallest absolute Gasteiger partial charge is 0.254 e. The van der Waals surface area contributed by atoms with Crippen LogP contribution < -0.4 is 5.32 Å². The fourth-order valence-corrected chi connectivity index (χ4v) is 7.14. The highest BCUT2D eigenvalue weighted by Crippen LogP contribution is 2.26. The van der Waals surface area contributed by atoms with E-state index in [-0.39, 0.29) is 16.9 Å². The van der Waals surface area contributed by atoms with Crippen molar-refractivity contribution in [1.82, 2.24) is 10.3 Å². The third-order valence-electron chi connectivity index (χ3n) is 4.69. The lowest BCUT2D eigenvalue weighted by Crippen LogP contribution is -2.27. The number of sulfone groups is 1. The Kier molecular flexibility index (Phi) is 7.32. The zero-order valence-corrected chi connectivity index (χ0v) is 17.5. The van der Waals surface area contributed by atoms with E-state index in [4.69, 9.17) is 0 Å². The summed E-state index contributed by atoms with van der Waals surface area (Å²) in [5.74, 6) is 0.366. The number of amides is 1. The van der Waals surface area contributed by atoms with Gasteiger partial charge in [0.15, 0.2) is 9.84 Å². The Morgan fingerprint density at radius 3 is 2.78 bits per heavy atom. The molecule has 8 heteroatoms. The summed E-state index contributed by atoms with van der Waals surface area (Å²) in [4.78, 5) is 17.9. The molecule has 2 aromatic rings. The maximum Gasteiger partial charge on any atom is 0.254 e. The number of pyridine rings is 1. The van der Waals surface area contributed by atoms with Crippen LogP contribution in [0.25, 0.3) is 0 Å². The van der Waals surface area contributed by atoms with Gasteiger partial charge in [-0.1, -0.05) is 25.3 Å². The Balaban J connectivity index is 1.56. The fraction of sp³-hybridized carbons (Fsp3) is 0.474. The zero-order chi connectivity index (χ0) is 19.1. The Morgan fingerprint density at radius 1 is 1.22 bits per heavy atom. The second-order valence-corrected chi connectivity index (χ2v) is 11.1. The summed E-state index contributed by atoms with van der Waals surface area (Å²) < 4.78 is 25.0. The minimum Gasteiger partial charge on any atom is -0.347 e. The SMILES string of the molecule is O=C(NCc1cccs1)c1cccnc1SCCS(=O)(=O)C1CCCCC1. The molecular formula is C19H24N2O3S3. The Hall–Kier alpha value is -1.38. The molecule has 27 heavy (non-hydrogen) atoms. The first-order valence-corrected chi connectivity index (χ1v) is 12.7. The van der Waals surface area contributed by atoms with Crippen LogP contribution in [0.3, 0.4) is 0 Å². The Bertz CT molecular complexity index is 845. The summed E-state index contributed by atoms with van der Waals surface area (Å²) in [6, 6.07) is 7.38. The van der Waals surface area contributed by atoms with Crippen molar-refractivity contribution in [3.05, 3.63) is 46.3 Å². The van der Waals surface area contributed by atoms with Gasteiger partial charge in [0.2, 0.25) is 0 Å². The van der Waals surface area contributed by atoms with E-state index in [9.17, 15) is 13.2 Å². The van der Waals surface area contributed by atoms with Gasteiger partial charge in [-0.2, -0.15) is 0 Å². The van der Waals surface area contributed by atoms with Gasteiger partial charge in [-0.3, -0.25) is 4.79 Å². The topological polar surface area (TPSA) is 76.1 Å². The molecule has 0 unspecified atom stereocenters. The zero-order valence-electron chi connectivity index (χ0n) is 15.1. The van der Waals surface area contributed by atoms with Crippen LogP contribution >= 0.6 is 23.1 Å². The molecule has 2 aromatic heterocycles. The van der Waals surface area contributed by atoms with Crippen LogP contribution in [0.5, 0.6) is 0 Å². The summed E-state index contributed by atoms with van der Waals surface area (Å²) in [7, 11) is -3.07. The van der Waals surface area contributed by atoms with Crippen molar-refractivity contribution in [1.29, 1.82) is 0 Å². The minimum absolute atomic E-state index is 0.134. The molecule has 0 radical (unpaired) electrons. The van der Waals surface area contributed by atoms with Gasteiger partial charge >= 0.3 is 0 Å². The minimum atomic E-state index is -3.07. The highest BCUT2D eigenvalue weighted by molar-refractivity contribution is 8.00. The molecule has 1 N–H and O–H groups in total. The largest absolute Gasteiger partial charge is 0.347 e. The molecule has 1 aliphatic carbocycles. The molecule has 0 aliphatic heterocycles. The number of carbonyl (C=O) groups is 1. The summed E-state index contributed by atoms with van der Waals surface area (Å²) in [6.07, 6.45) is 6.35. The molecule has 1 fully saturated rings. The van der Waals surface area contributed by atoms with Crippen LogP contribution in [0.15, 0.2) is 40.9 Å². The molecule has 1 aliphatic rings. The van der Waals surface area contributed by atoms with Crippen LogP contribution in [0.2, 0.25) is 0 Å². The second kappa shape index (κ2) is 9.71. The average Bonchev–Trinajstić information content (AvgIpc) is 3.21. The van der Waals surface area contributed by atoms with Crippen molar-refractivity contribution >= 4 is 38.8 Å². The molecule has 0 aromatic carbocycles. The number of thioether (sulfide) groups is 1. The molecule has 1 amide bonds. The van der Waals surface area contributed by atoms with Crippen LogP contribution in [0, 0.1) is 0 Å². The van der Waals surface area contributed by atoms with E-state index in [1.807, 2.05) is 17.5 Å². The van der Waals surface area contributed by atoms with Crippen molar-refractivity contribution in [3.63, 3.8) is 0 Å². The van der Waals surface area contributed by atoms with Crippen molar-refractivity contribution in [2.24, 2.45) is 0 Å². The number of hydrogen-bond acceptors (Lipinski definition) is 6. The molecular weight excluding hydrogens is 400 g/mol. The summed E-state index contributed by atoms with van der Waals surface area (Å²) in [5, 5.41) is 5.26. The number of nitrogens with one attached hydrogen (secondary N) is 1. The van der Waals surface area contributed by atoms with E-state index in [0.717, 1.165) is 37.0 Å². The van der Waals surface area contributed by atoms with Crippen molar-refractivity contribution < 1.29 is 13.2 Å². The van der Waals surface area contributed by atoms with Crippen molar-refractivity contribution in [2.45, 2.75) is 48.9 Å². The number of aromatic nitrogens is 1. The normalized spacial score (nSPS) is 15.6. The highest BCUT2D eigenvalue weighted by Gasteiger charge is 2.27. The van der Waals surface area contributed by atoms with Gasteiger partial charge in [-0.05, 0) is 36.4 Å². The van der Waals surface area contributed by atoms with Crippen LogP contribution in [0.1, 0.15) is 47.3 Å². The molecule has 3 rings (SSSR count). The first-order chi connectivity index (χ1) is 13.1. The predicted molar refractivity (Wildman–Crippen MR) is 111 cm³/mol. The molecule has 146 valence electrons. The van der Waals surface area contributed by atoms with E-state index in [0.29, 0.717) is 22.9 Å². The van der Waals surface area contributed by atoms with Crippen LogP contribution in [0.4, 0.5) is 0 Å². The number of nitrogens with zero attached hydrogens (tertiary/aromatic N) is 1. The summed E-state index contributed by atoms with van der Waals surface area (Å²) in [5.41, 5.74) is 0.495. The lowest BCUT2D eigenvalue weighted by Gasteiger charge is -2.21. The Morgan fingerprint density at radius 2 is 2.04 bits per heavy atom. The van der Waals surface area contributed by atoms with Gasteiger partial charge in [0.05, 0.1) is 23.1 Å². The second-order valence-electron chi connectivity index (χ2n) is 6.59. The average molecular weight is 425 g/mol. The van der Waals surface area contributed by atoms with Gasteiger partial charge in [0, 0.05) is 16.8 Å².